The summed E-state index contributed by atoms with van der Waals surface area (Å²) in [5.74, 6) is -0.244. The highest BCUT2D eigenvalue weighted by Gasteiger charge is 2.20. The van der Waals surface area contributed by atoms with Gasteiger partial charge in [-0.1, -0.05) is 19.1 Å². The van der Waals surface area contributed by atoms with Crippen molar-refractivity contribution in [1.29, 1.82) is 0 Å². The van der Waals surface area contributed by atoms with Crippen molar-refractivity contribution in [3.63, 3.8) is 0 Å². The van der Waals surface area contributed by atoms with Crippen molar-refractivity contribution in [3.05, 3.63) is 35.8 Å². The summed E-state index contributed by atoms with van der Waals surface area (Å²) < 4.78 is 20.0. The Balaban J connectivity index is 1.87. The van der Waals surface area contributed by atoms with Crippen LogP contribution in [0.3, 0.4) is 0 Å². The number of ether oxygens (including phenoxy) is 1. The second kappa shape index (κ2) is 7.26. The molecule has 0 amide bonds. The van der Waals surface area contributed by atoms with Crippen LogP contribution < -0.4 is 4.90 Å². The number of rotatable bonds is 4. The normalized spacial score (nSPS) is 19.1. The molecule has 1 saturated heterocycles. The van der Waals surface area contributed by atoms with Gasteiger partial charge in [-0.2, -0.15) is 0 Å². The molecule has 1 aliphatic heterocycles. The first-order valence-corrected chi connectivity index (χ1v) is 8.61. The lowest BCUT2D eigenvalue weighted by molar-refractivity contribution is 0.0461. The number of nitrogens with zero attached hydrogens (tertiary/aromatic N) is 2. The monoisotopic (exact) mass is 316 g/mol. The summed E-state index contributed by atoms with van der Waals surface area (Å²) in [5.41, 5.74) is 2.44. The van der Waals surface area contributed by atoms with E-state index >= 15 is 0 Å². The van der Waals surface area contributed by atoms with Gasteiger partial charge in [0.1, 0.15) is 11.3 Å². The predicted octanol–water partition coefficient (Wildman–Crippen LogP) is 4.47. The van der Waals surface area contributed by atoms with Crippen molar-refractivity contribution in [2.75, 3.05) is 24.6 Å². The van der Waals surface area contributed by atoms with E-state index in [2.05, 4.69) is 22.9 Å². The number of pyridine rings is 1. The van der Waals surface area contributed by atoms with E-state index in [9.17, 15) is 4.39 Å². The molecule has 1 atom stereocenters. The zero-order valence-corrected chi connectivity index (χ0v) is 14.0. The molecule has 23 heavy (non-hydrogen) atoms. The van der Waals surface area contributed by atoms with Crippen LogP contribution >= 0.6 is 0 Å². The third kappa shape index (κ3) is 3.63. The molecule has 0 radical (unpaired) electrons. The summed E-state index contributed by atoms with van der Waals surface area (Å²) in [6.07, 6.45) is 4.65. The lowest BCUT2D eigenvalue weighted by Gasteiger charge is -2.25. The van der Waals surface area contributed by atoms with Crippen molar-refractivity contribution in [2.24, 2.45) is 0 Å². The maximum Gasteiger partial charge on any atom is 0.149 e. The second-order valence-electron chi connectivity index (χ2n) is 6.33. The van der Waals surface area contributed by atoms with Gasteiger partial charge in [0.2, 0.25) is 0 Å². The van der Waals surface area contributed by atoms with Crippen LogP contribution in [0.25, 0.3) is 10.9 Å². The Kier molecular flexibility index (Phi) is 5.11. The van der Waals surface area contributed by atoms with Crippen LogP contribution in [-0.2, 0) is 4.74 Å². The lowest BCUT2D eigenvalue weighted by atomic mass is 10.1. The van der Waals surface area contributed by atoms with Crippen LogP contribution in [0.5, 0.6) is 0 Å². The van der Waals surface area contributed by atoms with Gasteiger partial charge in [-0.25, -0.2) is 9.37 Å². The van der Waals surface area contributed by atoms with Crippen molar-refractivity contribution in [3.8, 4) is 0 Å². The smallest absolute Gasteiger partial charge is 0.149 e. The second-order valence-corrected chi connectivity index (χ2v) is 6.33. The summed E-state index contributed by atoms with van der Waals surface area (Å²) in [7, 11) is 0. The van der Waals surface area contributed by atoms with Gasteiger partial charge in [0, 0.05) is 36.5 Å². The van der Waals surface area contributed by atoms with E-state index in [1.54, 1.807) is 6.07 Å². The van der Waals surface area contributed by atoms with Gasteiger partial charge < -0.3 is 9.64 Å². The largest absolute Gasteiger partial charge is 0.378 e. The Bertz CT molecular complexity index is 674. The van der Waals surface area contributed by atoms with E-state index in [-0.39, 0.29) is 5.82 Å². The zero-order chi connectivity index (χ0) is 16.2. The Labute approximate surface area is 137 Å². The number of aromatic nitrogens is 1. The highest BCUT2D eigenvalue weighted by atomic mass is 19.1. The molecule has 3 nitrogen and oxygen atoms in total. The fourth-order valence-electron chi connectivity index (χ4n) is 3.34. The SMILES string of the molecule is CCCOC1CCCN(c2cc(C)nc3c(F)cccc23)CC1. The summed E-state index contributed by atoms with van der Waals surface area (Å²) in [6.45, 7) is 6.85. The van der Waals surface area contributed by atoms with E-state index < -0.39 is 0 Å². The van der Waals surface area contributed by atoms with Gasteiger partial charge in [0.15, 0.2) is 0 Å². The van der Waals surface area contributed by atoms with Gasteiger partial charge in [0.25, 0.3) is 0 Å². The minimum Gasteiger partial charge on any atom is -0.378 e. The van der Waals surface area contributed by atoms with Gasteiger partial charge in [-0.05, 0) is 44.7 Å². The van der Waals surface area contributed by atoms with Crippen molar-refractivity contribution in [1.82, 2.24) is 4.98 Å². The Morgan fingerprint density at radius 2 is 2.17 bits per heavy atom. The highest BCUT2D eigenvalue weighted by Crippen LogP contribution is 2.30. The van der Waals surface area contributed by atoms with Crippen LogP contribution in [0.2, 0.25) is 0 Å². The van der Waals surface area contributed by atoms with Crippen molar-refractivity contribution < 1.29 is 9.13 Å². The molecule has 0 spiro atoms. The highest BCUT2D eigenvalue weighted by molar-refractivity contribution is 5.92. The maximum absolute atomic E-state index is 14.1. The molecule has 124 valence electrons. The molecule has 1 fully saturated rings. The van der Waals surface area contributed by atoms with E-state index in [4.69, 9.17) is 4.74 Å². The molecule has 3 rings (SSSR count). The molecule has 1 aromatic carbocycles. The summed E-state index contributed by atoms with van der Waals surface area (Å²) in [5, 5.41) is 0.906. The summed E-state index contributed by atoms with van der Waals surface area (Å²) in [6, 6.07) is 7.30. The van der Waals surface area contributed by atoms with Crippen LogP contribution in [0.1, 0.15) is 38.3 Å². The van der Waals surface area contributed by atoms with Gasteiger partial charge >= 0.3 is 0 Å². The Morgan fingerprint density at radius 1 is 1.30 bits per heavy atom. The number of halogens is 1. The molecule has 0 saturated carbocycles. The van der Waals surface area contributed by atoms with Crippen LogP contribution in [-0.4, -0.2) is 30.8 Å². The third-order valence-electron chi connectivity index (χ3n) is 4.47. The molecule has 1 aliphatic rings. The standard InChI is InChI=1S/C19H25FN2O/c1-3-12-23-15-6-5-10-22(11-9-15)18-13-14(2)21-19-16(18)7-4-8-17(19)20/h4,7-8,13,15H,3,5-6,9-12H2,1-2H3. The summed E-state index contributed by atoms with van der Waals surface area (Å²) in [4.78, 5) is 6.75. The molecule has 2 aromatic rings. The maximum atomic E-state index is 14.1. The molecule has 1 unspecified atom stereocenters. The number of aryl methyl sites for hydroxylation is 1. The zero-order valence-electron chi connectivity index (χ0n) is 14.0. The molecule has 4 heteroatoms. The molecule has 2 heterocycles. The Morgan fingerprint density at radius 3 is 3.00 bits per heavy atom. The van der Waals surface area contributed by atoms with E-state index in [0.29, 0.717) is 11.6 Å². The van der Waals surface area contributed by atoms with Gasteiger partial charge in [-0.15, -0.1) is 0 Å². The lowest BCUT2D eigenvalue weighted by Crippen LogP contribution is -2.25. The molecular weight excluding hydrogens is 291 g/mol. The van der Waals surface area contributed by atoms with Gasteiger partial charge in [0.05, 0.1) is 6.10 Å². The van der Waals surface area contributed by atoms with E-state index in [0.717, 1.165) is 62.1 Å². The molecule has 1 aromatic heterocycles. The number of para-hydroxylation sites is 1. The molecule has 0 N–H and O–H groups in total. The first-order chi connectivity index (χ1) is 11.2. The van der Waals surface area contributed by atoms with E-state index in [1.165, 1.54) is 6.07 Å². The van der Waals surface area contributed by atoms with E-state index in [1.807, 2.05) is 13.0 Å². The fourth-order valence-corrected chi connectivity index (χ4v) is 3.34. The van der Waals surface area contributed by atoms with Crippen LogP contribution in [0, 0.1) is 12.7 Å². The number of fused-ring (bicyclic) bond motifs is 1. The number of anilines is 1. The number of hydrogen-bond donors (Lipinski definition) is 0. The van der Waals surface area contributed by atoms with Crippen LogP contribution in [0.15, 0.2) is 24.3 Å². The topological polar surface area (TPSA) is 25.4 Å². The molecule has 0 aliphatic carbocycles. The van der Waals surface area contributed by atoms with Crippen LogP contribution in [0.4, 0.5) is 10.1 Å². The number of hydrogen-bond acceptors (Lipinski definition) is 3. The average molecular weight is 316 g/mol. The molecular formula is C19H25FN2O. The third-order valence-corrected chi connectivity index (χ3v) is 4.47. The first-order valence-electron chi connectivity index (χ1n) is 8.61. The number of benzene rings is 1. The quantitative estimate of drug-likeness (QED) is 0.832. The minimum atomic E-state index is -0.244. The first kappa shape index (κ1) is 16.2. The average Bonchev–Trinajstić information content (AvgIpc) is 2.79. The minimum absolute atomic E-state index is 0.244. The molecule has 0 bridgehead atoms. The summed E-state index contributed by atoms with van der Waals surface area (Å²) >= 11 is 0. The predicted molar refractivity (Wildman–Crippen MR) is 92.5 cm³/mol. The Hall–Kier alpha value is -1.68. The van der Waals surface area contributed by atoms with Gasteiger partial charge in [-0.3, -0.25) is 0 Å². The van der Waals surface area contributed by atoms with Crippen molar-refractivity contribution in [2.45, 2.75) is 45.6 Å². The fraction of sp³-hybridized carbons (Fsp3) is 0.526. The van der Waals surface area contributed by atoms with Crippen molar-refractivity contribution >= 4 is 16.6 Å².